The summed E-state index contributed by atoms with van der Waals surface area (Å²) in [6, 6.07) is 4.98. The molecule has 28 heavy (non-hydrogen) atoms. The number of nitrogens with zero attached hydrogens (tertiary/aromatic N) is 2. The molecule has 0 radical (unpaired) electrons. The lowest BCUT2D eigenvalue weighted by molar-refractivity contribution is -0.137. The lowest BCUT2D eigenvalue weighted by Gasteiger charge is -2.21. The molecule has 1 N–H and O–H groups in total. The minimum Gasteiger partial charge on any atom is -0.342 e. The van der Waals surface area contributed by atoms with Crippen LogP contribution in [0.4, 0.5) is 13.2 Å². The Bertz CT molecular complexity index is 714. The molecule has 156 valence electrons. The second-order valence-corrected chi connectivity index (χ2v) is 7.37. The van der Waals surface area contributed by atoms with Crippen molar-refractivity contribution in [3.63, 3.8) is 0 Å². The summed E-state index contributed by atoms with van der Waals surface area (Å²) in [5.74, 6) is -0.181. The first-order valence-corrected chi connectivity index (χ1v) is 9.15. The highest BCUT2D eigenvalue weighted by Gasteiger charge is 2.38. The minimum absolute atomic E-state index is 0. The van der Waals surface area contributed by atoms with Crippen LogP contribution in [0.25, 0.3) is 0 Å². The van der Waals surface area contributed by atoms with Crippen LogP contribution in [0, 0.1) is 11.8 Å². The normalized spacial score (nSPS) is 22.5. The molecule has 2 amide bonds. The summed E-state index contributed by atoms with van der Waals surface area (Å²) in [7, 11) is 1.88. The minimum atomic E-state index is -4.41. The first-order chi connectivity index (χ1) is 12.8. The van der Waals surface area contributed by atoms with Crippen molar-refractivity contribution in [2.45, 2.75) is 25.6 Å². The summed E-state index contributed by atoms with van der Waals surface area (Å²) in [6.07, 6.45) is -3.34. The topological polar surface area (TPSA) is 52.7 Å². The van der Waals surface area contributed by atoms with Gasteiger partial charge in [-0.15, -0.1) is 12.4 Å². The molecule has 2 saturated heterocycles. The van der Waals surface area contributed by atoms with Crippen molar-refractivity contribution in [1.29, 1.82) is 0 Å². The number of benzene rings is 1. The van der Waals surface area contributed by atoms with Crippen LogP contribution < -0.4 is 5.32 Å². The SMILES string of the molecule is CNCC1CCN(C(=O)C2CC(=O)N(Cc3cccc(C(F)(F)F)c3)C2)C1.Cl. The van der Waals surface area contributed by atoms with E-state index < -0.39 is 17.7 Å². The molecular formula is C19H25ClF3N3O2. The van der Waals surface area contributed by atoms with Crippen molar-refractivity contribution in [3.05, 3.63) is 35.4 Å². The molecule has 0 bridgehead atoms. The van der Waals surface area contributed by atoms with E-state index in [4.69, 9.17) is 0 Å². The fraction of sp³-hybridized carbons (Fsp3) is 0.579. The van der Waals surface area contributed by atoms with Gasteiger partial charge in [0.05, 0.1) is 11.5 Å². The maximum absolute atomic E-state index is 12.9. The number of nitrogens with one attached hydrogen (secondary N) is 1. The Kier molecular flexibility index (Phi) is 7.33. The first kappa shape index (κ1) is 22.5. The number of carbonyl (C=O) groups excluding carboxylic acids is 2. The van der Waals surface area contributed by atoms with Crippen molar-refractivity contribution in [1.82, 2.24) is 15.1 Å². The van der Waals surface area contributed by atoms with E-state index in [0.717, 1.165) is 25.1 Å². The van der Waals surface area contributed by atoms with E-state index in [9.17, 15) is 22.8 Å². The average molecular weight is 420 g/mol. The van der Waals surface area contributed by atoms with Crippen molar-refractivity contribution in [3.8, 4) is 0 Å². The van der Waals surface area contributed by atoms with Crippen LogP contribution in [-0.4, -0.2) is 54.8 Å². The molecule has 5 nitrogen and oxygen atoms in total. The summed E-state index contributed by atoms with van der Waals surface area (Å²) < 4.78 is 38.6. The lowest BCUT2D eigenvalue weighted by Crippen LogP contribution is -2.36. The van der Waals surface area contributed by atoms with E-state index in [1.807, 2.05) is 11.9 Å². The highest BCUT2D eigenvalue weighted by molar-refractivity contribution is 5.89. The van der Waals surface area contributed by atoms with Crippen molar-refractivity contribution in [2.24, 2.45) is 11.8 Å². The van der Waals surface area contributed by atoms with Crippen molar-refractivity contribution < 1.29 is 22.8 Å². The largest absolute Gasteiger partial charge is 0.416 e. The van der Waals surface area contributed by atoms with E-state index in [1.54, 1.807) is 6.07 Å². The molecule has 2 unspecified atom stereocenters. The third-order valence-corrected chi connectivity index (χ3v) is 5.28. The molecule has 0 aromatic heterocycles. The maximum Gasteiger partial charge on any atom is 0.416 e. The lowest BCUT2D eigenvalue weighted by atomic mass is 10.1. The Morgan fingerprint density at radius 1 is 1.29 bits per heavy atom. The van der Waals surface area contributed by atoms with Crippen molar-refractivity contribution >= 4 is 24.2 Å². The highest BCUT2D eigenvalue weighted by Crippen LogP contribution is 2.30. The highest BCUT2D eigenvalue weighted by atomic mass is 35.5. The van der Waals surface area contributed by atoms with Crippen molar-refractivity contribution in [2.75, 3.05) is 33.2 Å². The first-order valence-electron chi connectivity index (χ1n) is 9.15. The summed E-state index contributed by atoms with van der Waals surface area (Å²) >= 11 is 0. The molecule has 0 saturated carbocycles. The van der Waals surface area contributed by atoms with Gasteiger partial charge in [-0.1, -0.05) is 12.1 Å². The molecule has 0 spiro atoms. The van der Waals surface area contributed by atoms with Crippen LogP contribution in [0.1, 0.15) is 24.0 Å². The van der Waals surface area contributed by atoms with Crippen LogP contribution in [0.5, 0.6) is 0 Å². The third-order valence-electron chi connectivity index (χ3n) is 5.28. The van der Waals surface area contributed by atoms with Gasteiger partial charge in [0, 0.05) is 32.6 Å². The maximum atomic E-state index is 12.9. The van der Waals surface area contributed by atoms with Gasteiger partial charge in [0.15, 0.2) is 0 Å². The molecule has 2 atom stereocenters. The average Bonchev–Trinajstić information content (AvgIpc) is 3.22. The third kappa shape index (κ3) is 5.17. The number of rotatable bonds is 5. The molecule has 1 aromatic carbocycles. The van der Waals surface area contributed by atoms with Gasteiger partial charge >= 0.3 is 6.18 Å². The Morgan fingerprint density at radius 3 is 2.71 bits per heavy atom. The quantitative estimate of drug-likeness (QED) is 0.798. The van der Waals surface area contributed by atoms with E-state index in [1.165, 1.54) is 11.0 Å². The summed E-state index contributed by atoms with van der Waals surface area (Å²) in [5.41, 5.74) is -0.312. The fourth-order valence-electron chi connectivity index (χ4n) is 3.90. The van der Waals surface area contributed by atoms with E-state index in [0.29, 0.717) is 24.6 Å². The predicted molar refractivity (Wildman–Crippen MR) is 101 cm³/mol. The fourth-order valence-corrected chi connectivity index (χ4v) is 3.90. The number of hydrogen-bond donors (Lipinski definition) is 1. The van der Waals surface area contributed by atoms with Gasteiger partial charge in [0.1, 0.15) is 0 Å². The van der Waals surface area contributed by atoms with Gasteiger partial charge in [-0.2, -0.15) is 13.2 Å². The monoisotopic (exact) mass is 419 g/mol. The molecule has 1 aromatic rings. The molecule has 0 aliphatic carbocycles. The standard InChI is InChI=1S/C19H24F3N3O2.ClH/c1-23-9-14-5-6-24(11-14)18(27)15-8-17(26)25(12-15)10-13-3-2-4-16(7-13)19(20,21)22;/h2-4,7,14-15,23H,5-6,8-12H2,1H3;1H. The number of likely N-dealkylation sites (tertiary alicyclic amines) is 2. The van der Waals surface area contributed by atoms with Gasteiger partial charge in [-0.25, -0.2) is 0 Å². The van der Waals surface area contributed by atoms with Gasteiger partial charge in [0.2, 0.25) is 11.8 Å². The second-order valence-electron chi connectivity index (χ2n) is 7.37. The Balaban J connectivity index is 0.00000280. The number of hydrogen-bond acceptors (Lipinski definition) is 3. The van der Waals surface area contributed by atoms with E-state index >= 15 is 0 Å². The zero-order chi connectivity index (χ0) is 19.6. The predicted octanol–water partition coefficient (Wildman–Crippen LogP) is 2.54. The van der Waals surface area contributed by atoms with E-state index in [2.05, 4.69) is 5.32 Å². The number of carbonyl (C=O) groups is 2. The molecule has 2 aliphatic rings. The molecule has 2 fully saturated rings. The number of halogens is 4. The van der Waals surface area contributed by atoms with Crippen LogP contribution in [-0.2, 0) is 22.3 Å². The summed E-state index contributed by atoms with van der Waals surface area (Å²) in [6.45, 7) is 2.60. The zero-order valence-electron chi connectivity index (χ0n) is 15.7. The summed E-state index contributed by atoms with van der Waals surface area (Å²) in [5, 5.41) is 3.11. The van der Waals surface area contributed by atoms with E-state index in [-0.39, 0.29) is 43.7 Å². The van der Waals surface area contributed by atoms with Gasteiger partial charge in [-0.3, -0.25) is 9.59 Å². The van der Waals surface area contributed by atoms with Gasteiger partial charge in [-0.05, 0) is 43.6 Å². The number of alkyl halides is 3. The van der Waals surface area contributed by atoms with Crippen LogP contribution in [0.15, 0.2) is 24.3 Å². The number of amides is 2. The Labute approximate surface area is 168 Å². The van der Waals surface area contributed by atoms with Crippen LogP contribution >= 0.6 is 12.4 Å². The van der Waals surface area contributed by atoms with Crippen LogP contribution in [0.3, 0.4) is 0 Å². The molecule has 9 heteroatoms. The molecule has 3 rings (SSSR count). The molecule has 2 aliphatic heterocycles. The summed E-state index contributed by atoms with van der Waals surface area (Å²) in [4.78, 5) is 28.3. The Hall–Kier alpha value is -1.80. The molecule has 2 heterocycles. The van der Waals surface area contributed by atoms with Crippen LogP contribution in [0.2, 0.25) is 0 Å². The Morgan fingerprint density at radius 2 is 2.04 bits per heavy atom. The zero-order valence-corrected chi connectivity index (χ0v) is 16.5. The van der Waals surface area contributed by atoms with Gasteiger partial charge in [0.25, 0.3) is 0 Å². The molecular weight excluding hydrogens is 395 g/mol. The smallest absolute Gasteiger partial charge is 0.342 e. The van der Waals surface area contributed by atoms with Gasteiger partial charge < -0.3 is 15.1 Å². The second kappa shape index (κ2) is 9.13.